The topological polar surface area (TPSA) is 43.4 Å². The maximum atomic E-state index is 12.3. The van der Waals surface area contributed by atoms with Crippen LogP contribution in [-0.4, -0.2) is 15.0 Å². The molecule has 0 unspecified atom stereocenters. The zero-order chi connectivity index (χ0) is 22.1. The molecule has 0 bridgehead atoms. The predicted molar refractivity (Wildman–Crippen MR) is 129 cm³/mol. The van der Waals surface area contributed by atoms with Gasteiger partial charge in [0.05, 0.1) is 11.5 Å². The van der Waals surface area contributed by atoms with Crippen molar-refractivity contribution < 1.29 is 12.6 Å². The Balaban J connectivity index is 1.92. The summed E-state index contributed by atoms with van der Waals surface area (Å²) in [6.45, 7) is 6.27. The molecule has 0 saturated heterocycles. The standard InChI is InChI=1S/C26H46O3S/c1-4-5-6-7-8-9-10-11-12-13-14-15-16-17-18-19-22-29-30(27,28)26-23-24(2)20-21-25(26)3/h20-21,23H,4-19,22H2,1-3H3. The molecule has 0 saturated carbocycles. The lowest BCUT2D eigenvalue weighted by molar-refractivity contribution is 0.306. The summed E-state index contributed by atoms with van der Waals surface area (Å²) in [5.41, 5.74) is 1.68. The van der Waals surface area contributed by atoms with Crippen LogP contribution < -0.4 is 0 Å². The summed E-state index contributed by atoms with van der Waals surface area (Å²) in [5.74, 6) is 0. The highest BCUT2D eigenvalue weighted by atomic mass is 32.2. The lowest BCUT2D eigenvalue weighted by Gasteiger charge is -2.09. The lowest BCUT2D eigenvalue weighted by Crippen LogP contribution is -2.09. The second-order valence-corrected chi connectivity index (χ2v) is 10.4. The molecule has 0 atom stereocenters. The summed E-state index contributed by atoms with van der Waals surface area (Å²) in [6, 6.07) is 5.45. The van der Waals surface area contributed by atoms with Gasteiger partial charge in [-0.2, -0.15) is 8.42 Å². The summed E-state index contributed by atoms with van der Waals surface area (Å²) in [4.78, 5) is 0.305. The van der Waals surface area contributed by atoms with Gasteiger partial charge in [0.1, 0.15) is 0 Å². The molecule has 4 heteroatoms. The number of hydrogen-bond donors (Lipinski definition) is 0. The van der Waals surface area contributed by atoms with Crippen molar-refractivity contribution in [3.8, 4) is 0 Å². The molecule has 0 amide bonds. The maximum absolute atomic E-state index is 12.3. The fraction of sp³-hybridized carbons (Fsp3) is 0.769. The molecule has 0 aliphatic heterocycles. The van der Waals surface area contributed by atoms with Crippen LogP contribution in [0.2, 0.25) is 0 Å². The Hall–Kier alpha value is -0.870. The molecule has 0 spiro atoms. The van der Waals surface area contributed by atoms with Crippen molar-refractivity contribution >= 4 is 10.1 Å². The minimum absolute atomic E-state index is 0.286. The summed E-state index contributed by atoms with van der Waals surface area (Å²) in [6.07, 6.45) is 20.9. The first kappa shape index (κ1) is 27.2. The van der Waals surface area contributed by atoms with Gasteiger partial charge in [0.25, 0.3) is 10.1 Å². The highest BCUT2D eigenvalue weighted by Crippen LogP contribution is 2.20. The fourth-order valence-electron chi connectivity index (χ4n) is 3.86. The third kappa shape index (κ3) is 12.7. The van der Waals surface area contributed by atoms with Gasteiger partial charge >= 0.3 is 0 Å². The first-order valence-electron chi connectivity index (χ1n) is 12.4. The average molecular weight is 439 g/mol. The van der Waals surface area contributed by atoms with Gasteiger partial charge in [-0.25, -0.2) is 0 Å². The Morgan fingerprint density at radius 2 is 1.10 bits per heavy atom. The molecule has 1 rings (SSSR count). The van der Waals surface area contributed by atoms with E-state index in [2.05, 4.69) is 6.92 Å². The molecule has 0 aromatic heterocycles. The summed E-state index contributed by atoms with van der Waals surface area (Å²) in [7, 11) is -3.63. The van der Waals surface area contributed by atoms with E-state index in [1.165, 1.54) is 89.9 Å². The number of aryl methyl sites for hydroxylation is 2. The van der Waals surface area contributed by atoms with Gasteiger partial charge in [-0.1, -0.05) is 115 Å². The van der Waals surface area contributed by atoms with Crippen LogP contribution in [-0.2, 0) is 14.3 Å². The summed E-state index contributed by atoms with van der Waals surface area (Å²) in [5, 5.41) is 0. The number of unbranched alkanes of at least 4 members (excludes halogenated alkanes) is 15. The SMILES string of the molecule is CCCCCCCCCCCCCCCCCCOS(=O)(=O)c1cc(C)ccc1C. The first-order chi connectivity index (χ1) is 14.5. The van der Waals surface area contributed by atoms with Gasteiger partial charge in [-0.3, -0.25) is 4.18 Å². The van der Waals surface area contributed by atoms with Crippen molar-refractivity contribution in [1.82, 2.24) is 0 Å². The summed E-state index contributed by atoms with van der Waals surface area (Å²) >= 11 is 0. The Labute approximate surface area is 187 Å². The predicted octanol–water partition coefficient (Wildman–Crippen LogP) is 8.27. The van der Waals surface area contributed by atoms with Gasteiger partial charge in [0.2, 0.25) is 0 Å². The zero-order valence-electron chi connectivity index (χ0n) is 19.9. The Kier molecular flexibility index (Phi) is 15.2. The monoisotopic (exact) mass is 438 g/mol. The largest absolute Gasteiger partial charge is 0.297 e. The van der Waals surface area contributed by atoms with Crippen LogP contribution in [0.1, 0.15) is 121 Å². The van der Waals surface area contributed by atoms with Crippen molar-refractivity contribution in [1.29, 1.82) is 0 Å². The minimum Gasteiger partial charge on any atom is -0.266 e. The Morgan fingerprint density at radius 3 is 1.57 bits per heavy atom. The molecule has 1 aromatic carbocycles. The van der Waals surface area contributed by atoms with Gasteiger partial charge in [-0.05, 0) is 37.5 Å². The van der Waals surface area contributed by atoms with E-state index in [4.69, 9.17) is 4.18 Å². The number of benzene rings is 1. The fourth-order valence-corrected chi connectivity index (χ4v) is 5.12. The summed E-state index contributed by atoms with van der Waals surface area (Å²) < 4.78 is 29.9. The molecule has 0 radical (unpaired) electrons. The van der Waals surface area contributed by atoms with Crippen molar-refractivity contribution in [3.63, 3.8) is 0 Å². The molecule has 3 nitrogen and oxygen atoms in total. The van der Waals surface area contributed by atoms with Gasteiger partial charge < -0.3 is 0 Å². The van der Waals surface area contributed by atoms with Gasteiger partial charge in [-0.15, -0.1) is 0 Å². The highest BCUT2D eigenvalue weighted by molar-refractivity contribution is 7.86. The first-order valence-corrected chi connectivity index (χ1v) is 13.8. The van der Waals surface area contributed by atoms with Crippen LogP contribution in [0, 0.1) is 13.8 Å². The van der Waals surface area contributed by atoms with Crippen molar-refractivity contribution in [2.75, 3.05) is 6.61 Å². The molecular formula is C26H46O3S. The molecule has 174 valence electrons. The average Bonchev–Trinajstić information content (AvgIpc) is 2.72. The van der Waals surface area contributed by atoms with Crippen LogP contribution in [0.25, 0.3) is 0 Å². The number of rotatable bonds is 19. The van der Waals surface area contributed by atoms with E-state index in [9.17, 15) is 8.42 Å². The normalized spacial score (nSPS) is 11.8. The van der Waals surface area contributed by atoms with E-state index in [0.29, 0.717) is 4.90 Å². The second kappa shape index (κ2) is 16.8. The lowest BCUT2D eigenvalue weighted by atomic mass is 10.0. The molecule has 0 fully saturated rings. The van der Waals surface area contributed by atoms with E-state index in [-0.39, 0.29) is 6.61 Å². The number of hydrogen-bond acceptors (Lipinski definition) is 3. The van der Waals surface area contributed by atoms with E-state index < -0.39 is 10.1 Å². The Morgan fingerprint density at radius 1 is 0.667 bits per heavy atom. The molecule has 0 heterocycles. The Bertz CT molecular complexity index is 652. The zero-order valence-corrected chi connectivity index (χ0v) is 20.7. The van der Waals surface area contributed by atoms with Crippen LogP contribution >= 0.6 is 0 Å². The van der Waals surface area contributed by atoms with E-state index in [1.54, 1.807) is 6.07 Å². The maximum Gasteiger partial charge on any atom is 0.297 e. The molecule has 1 aromatic rings. The minimum atomic E-state index is -3.63. The molecular weight excluding hydrogens is 392 g/mol. The van der Waals surface area contributed by atoms with Crippen molar-refractivity contribution in [2.24, 2.45) is 0 Å². The molecule has 0 N–H and O–H groups in total. The molecule has 30 heavy (non-hydrogen) atoms. The third-order valence-electron chi connectivity index (χ3n) is 5.85. The third-order valence-corrected chi connectivity index (χ3v) is 7.30. The van der Waals surface area contributed by atoms with E-state index >= 15 is 0 Å². The quantitative estimate of drug-likeness (QED) is 0.161. The molecule has 0 aliphatic carbocycles. The van der Waals surface area contributed by atoms with Crippen molar-refractivity contribution in [3.05, 3.63) is 29.3 Å². The van der Waals surface area contributed by atoms with Crippen LogP contribution in [0.4, 0.5) is 0 Å². The van der Waals surface area contributed by atoms with Crippen LogP contribution in [0.3, 0.4) is 0 Å². The smallest absolute Gasteiger partial charge is 0.266 e. The van der Waals surface area contributed by atoms with Crippen LogP contribution in [0.5, 0.6) is 0 Å². The highest BCUT2D eigenvalue weighted by Gasteiger charge is 2.17. The molecule has 0 aliphatic rings. The van der Waals surface area contributed by atoms with Gasteiger partial charge in [0, 0.05) is 0 Å². The van der Waals surface area contributed by atoms with Gasteiger partial charge in [0.15, 0.2) is 0 Å². The van der Waals surface area contributed by atoms with Crippen molar-refractivity contribution in [2.45, 2.75) is 128 Å². The van der Waals surface area contributed by atoms with Crippen LogP contribution in [0.15, 0.2) is 23.1 Å². The van der Waals surface area contributed by atoms with E-state index in [1.807, 2.05) is 26.0 Å². The van der Waals surface area contributed by atoms with E-state index in [0.717, 1.165) is 24.0 Å². The second-order valence-electron chi connectivity index (χ2n) is 8.85.